The molecule has 0 saturated heterocycles. The van der Waals surface area contributed by atoms with Gasteiger partial charge in [-0.25, -0.2) is 0 Å². The van der Waals surface area contributed by atoms with E-state index < -0.39 is 0 Å². The number of hydrogen-bond acceptors (Lipinski definition) is 4. The molecule has 0 aliphatic rings. The molecule has 0 saturated carbocycles. The predicted molar refractivity (Wildman–Crippen MR) is 65.9 cm³/mol. The minimum Gasteiger partial charge on any atom is -0.496 e. The summed E-state index contributed by atoms with van der Waals surface area (Å²) >= 11 is 1.08. The van der Waals surface area contributed by atoms with Crippen molar-refractivity contribution in [2.24, 2.45) is 0 Å². The van der Waals surface area contributed by atoms with Crippen LogP contribution in [0.15, 0.2) is 40.6 Å². The van der Waals surface area contributed by atoms with E-state index in [1.165, 1.54) is 11.7 Å². The van der Waals surface area contributed by atoms with Crippen molar-refractivity contribution < 1.29 is 9.53 Å². The maximum absolute atomic E-state index is 12.0. The Hall–Kier alpha value is -1.88. The molecule has 0 radical (unpaired) electrons. The third kappa shape index (κ3) is 2.45. The molecule has 1 aromatic carbocycles. The Morgan fingerprint density at radius 2 is 2.18 bits per heavy atom. The lowest BCUT2D eigenvalue weighted by molar-refractivity contribution is 0.0968. The Morgan fingerprint density at radius 3 is 2.82 bits per heavy atom. The molecule has 0 spiro atoms. The molecular formula is C12H11NO3S. The largest absolute Gasteiger partial charge is 0.496 e. The van der Waals surface area contributed by atoms with Gasteiger partial charge in [0.25, 0.3) is 0 Å². The van der Waals surface area contributed by atoms with Crippen LogP contribution in [-0.2, 0) is 6.54 Å². The number of carbonyl (C=O) groups excluding carboxylic acids is 1. The molecule has 0 atom stereocenters. The second kappa shape index (κ2) is 4.97. The molecule has 0 amide bonds. The van der Waals surface area contributed by atoms with Crippen molar-refractivity contribution in [2.75, 3.05) is 7.11 Å². The lowest BCUT2D eigenvalue weighted by Gasteiger charge is -2.06. The number of carbonyl (C=O) groups is 1. The van der Waals surface area contributed by atoms with Crippen LogP contribution in [0.1, 0.15) is 10.4 Å². The minimum absolute atomic E-state index is 0.0444. The quantitative estimate of drug-likeness (QED) is 0.776. The summed E-state index contributed by atoms with van der Waals surface area (Å²) in [6.07, 6.45) is 1.61. The van der Waals surface area contributed by atoms with Gasteiger partial charge in [-0.05, 0) is 12.1 Å². The molecule has 0 unspecified atom stereocenters. The fourth-order valence-corrected chi connectivity index (χ4v) is 2.11. The van der Waals surface area contributed by atoms with E-state index in [4.69, 9.17) is 4.74 Å². The summed E-state index contributed by atoms with van der Waals surface area (Å²) in [5.41, 5.74) is 0.494. The topological polar surface area (TPSA) is 48.3 Å². The van der Waals surface area contributed by atoms with Crippen molar-refractivity contribution in [1.82, 2.24) is 4.57 Å². The molecule has 0 N–H and O–H groups in total. The number of methoxy groups -OCH3 is 1. The zero-order chi connectivity index (χ0) is 12.3. The number of nitrogens with zero attached hydrogens (tertiary/aromatic N) is 1. The number of hydrogen-bond donors (Lipinski definition) is 0. The summed E-state index contributed by atoms with van der Waals surface area (Å²) in [7, 11) is 1.52. The van der Waals surface area contributed by atoms with Gasteiger partial charge in [0, 0.05) is 11.6 Å². The number of thiazole rings is 1. The first-order valence-electron chi connectivity index (χ1n) is 5.02. The van der Waals surface area contributed by atoms with Gasteiger partial charge < -0.3 is 4.74 Å². The third-order valence-corrected chi connectivity index (χ3v) is 3.06. The van der Waals surface area contributed by atoms with Gasteiger partial charge in [-0.2, -0.15) is 0 Å². The van der Waals surface area contributed by atoms with Crippen molar-refractivity contribution in [3.63, 3.8) is 0 Å². The van der Waals surface area contributed by atoms with Gasteiger partial charge in [0.2, 0.25) is 0 Å². The van der Waals surface area contributed by atoms with E-state index in [2.05, 4.69) is 0 Å². The molecule has 0 aliphatic carbocycles. The Kier molecular flexibility index (Phi) is 3.39. The minimum atomic E-state index is -0.136. The first kappa shape index (κ1) is 11.6. The van der Waals surface area contributed by atoms with Crippen LogP contribution in [0.4, 0.5) is 0 Å². The monoisotopic (exact) mass is 249 g/mol. The number of para-hydroxylation sites is 1. The second-order valence-corrected chi connectivity index (χ2v) is 4.28. The average molecular weight is 249 g/mol. The zero-order valence-electron chi connectivity index (χ0n) is 9.25. The van der Waals surface area contributed by atoms with Crippen molar-refractivity contribution in [2.45, 2.75) is 6.54 Å². The Labute approximate surface area is 102 Å². The Bertz CT molecular complexity index is 585. The number of ether oxygens (including phenoxy) is 1. The van der Waals surface area contributed by atoms with E-state index in [1.54, 1.807) is 35.8 Å². The molecule has 17 heavy (non-hydrogen) atoms. The van der Waals surface area contributed by atoms with E-state index in [0.29, 0.717) is 11.3 Å². The summed E-state index contributed by atoms with van der Waals surface area (Å²) in [5, 5.41) is 1.66. The van der Waals surface area contributed by atoms with Crippen molar-refractivity contribution in [1.29, 1.82) is 0 Å². The normalized spacial score (nSPS) is 10.2. The molecule has 88 valence electrons. The van der Waals surface area contributed by atoms with Crippen LogP contribution >= 0.6 is 11.3 Å². The van der Waals surface area contributed by atoms with E-state index in [-0.39, 0.29) is 17.2 Å². The summed E-state index contributed by atoms with van der Waals surface area (Å²) in [4.78, 5) is 23.2. The number of Topliss-reactive ketones (excluding diaryl/α,β-unsaturated/α-hetero) is 1. The highest BCUT2D eigenvalue weighted by atomic mass is 32.1. The molecule has 2 rings (SSSR count). The fourth-order valence-electron chi connectivity index (χ4n) is 1.52. The molecule has 0 bridgehead atoms. The van der Waals surface area contributed by atoms with Crippen LogP contribution in [0.25, 0.3) is 0 Å². The lowest BCUT2D eigenvalue weighted by atomic mass is 10.1. The van der Waals surface area contributed by atoms with Crippen LogP contribution in [0.5, 0.6) is 5.75 Å². The Balaban J connectivity index is 2.26. The zero-order valence-corrected chi connectivity index (χ0v) is 10.1. The molecule has 2 aromatic rings. The highest BCUT2D eigenvalue weighted by Gasteiger charge is 2.12. The van der Waals surface area contributed by atoms with Crippen molar-refractivity contribution in [3.8, 4) is 5.75 Å². The molecular weight excluding hydrogens is 238 g/mol. The van der Waals surface area contributed by atoms with E-state index in [1.807, 2.05) is 0 Å². The predicted octanol–water partition coefficient (Wildman–Crippen LogP) is 1.80. The van der Waals surface area contributed by atoms with Crippen LogP contribution in [0.3, 0.4) is 0 Å². The van der Waals surface area contributed by atoms with E-state index >= 15 is 0 Å². The lowest BCUT2D eigenvalue weighted by Crippen LogP contribution is -2.18. The molecule has 0 aliphatic heterocycles. The van der Waals surface area contributed by atoms with Crippen LogP contribution in [0.2, 0.25) is 0 Å². The number of aromatic nitrogens is 1. The summed E-state index contributed by atoms with van der Waals surface area (Å²) in [6, 6.07) is 6.99. The fraction of sp³-hybridized carbons (Fsp3) is 0.167. The molecule has 4 nitrogen and oxygen atoms in total. The van der Waals surface area contributed by atoms with E-state index in [0.717, 1.165) is 11.3 Å². The SMILES string of the molecule is COc1ccccc1C(=O)Cn1ccsc1=O. The number of benzene rings is 1. The third-order valence-electron chi connectivity index (χ3n) is 2.37. The molecule has 0 fully saturated rings. The summed E-state index contributed by atoms with van der Waals surface area (Å²) in [6.45, 7) is 0.0444. The first-order chi connectivity index (χ1) is 8.22. The van der Waals surface area contributed by atoms with Crippen molar-refractivity contribution in [3.05, 3.63) is 51.1 Å². The molecule has 5 heteroatoms. The number of rotatable bonds is 4. The van der Waals surface area contributed by atoms with Crippen LogP contribution in [-0.4, -0.2) is 17.5 Å². The Morgan fingerprint density at radius 1 is 1.41 bits per heavy atom. The summed E-state index contributed by atoms with van der Waals surface area (Å²) < 4.78 is 6.50. The smallest absolute Gasteiger partial charge is 0.307 e. The molecule has 1 aromatic heterocycles. The van der Waals surface area contributed by atoms with Gasteiger partial charge in [-0.15, -0.1) is 0 Å². The second-order valence-electron chi connectivity index (χ2n) is 3.42. The van der Waals surface area contributed by atoms with Crippen LogP contribution in [0, 0.1) is 0 Å². The maximum atomic E-state index is 12.0. The van der Waals surface area contributed by atoms with Gasteiger partial charge in [-0.3, -0.25) is 14.2 Å². The van der Waals surface area contributed by atoms with Gasteiger partial charge in [0.05, 0.1) is 19.2 Å². The molecule has 1 heterocycles. The van der Waals surface area contributed by atoms with Crippen molar-refractivity contribution >= 4 is 17.1 Å². The highest BCUT2D eigenvalue weighted by Crippen LogP contribution is 2.18. The standard InChI is InChI=1S/C12H11NO3S/c1-16-11-5-3-2-4-9(11)10(14)8-13-6-7-17-12(13)15/h2-7H,8H2,1H3. The van der Waals surface area contributed by atoms with Gasteiger partial charge in [-0.1, -0.05) is 23.5 Å². The number of ketones is 1. The average Bonchev–Trinajstić information content (AvgIpc) is 2.75. The van der Waals surface area contributed by atoms with Gasteiger partial charge in [0.15, 0.2) is 5.78 Å². The highest BCUT2D eigenvalue weighted by molar-refractivity contribution is 7.07. The van der Waals surface area contributed by atoms with E-state index in [9.17, 15) is 9.59 Å². The first-order valence-corrected chi connectivity index (χ1v) is 5.90. The maximum Gasteiger partial charge on any atom is 0.307 e. The van der Waals surface area contributed by atoms with Gasteiger partial charge >= 0.3 is 4.87 Å². The summed E-state index contributed by atoms with van der Waals surface area (Å²) in [5.74, 6) is 0.392. The van der Waals surface area contributed by atoms with Gasteiger partial charge in [0.1, 0.15) is 5.75 Å². The van der Waals surface area contributed by atoms with Crippen LogP contribution < -0.4 is 9.61 Å².